The van der Waals surface area contributed by atoms with Crippen LogP contribution in [0, 0.1) is 22.7 Å². The first kappa shape index (κ1) is 42.2. The fraction of sp³-hybridized carbons (Fsp3) is 0. The molecule has 4 heterocycles. The predicted octanol–water partition coefficient (Wildman–Crippen LogP) is 19.0. The molecule has 6 heteroatoms. The van der Waals surface area contributed by atoms with E-state index in [0.717, 1.165) is 109 Å². The van der Waals surface area contributed by atoms with Crippen LogP contribution < -0.4 is 0 Å². The Morgan fingerprint density at radius 2 is 0.730 bits per heavy atom. The zero-order chi connectivity index (χ0) is 49.0. The molecule has 0 atom stereocenters. The summed E-state index contributed by atoms with van der Waals surface area (Å²) < 4.78 is 9.40. The van der Waals surface area contributed by atoms with E-state index in [2.05, 4.69) is 209 Å². The van der Waals surface area contributed by atoms with Crippen molar-refractivity contribution in [3.8, 4) is 68.0 Å². The molecule has 0 aliphatic rings. The molecule has 0 aliphatic carbocycles. The Hall–Kier alpha value is -9.56. The third kappa shape index (κ3) is 6.11. The van der Waals surface area contributed by atoms with Gasteiger partial charge in [0.2, 0.25) is 0 Å². The normalized spacial score (nSPS) is 11.8. The second kappa shape index (κ2) is 16.5. The van der Waals surface area contributed by atoms with E-state index >= 15 is 0 Å². The smallest absolute Gasteiger partial charge is 0.102 e. The van der Waals surface area contributed by atoms with Gasteiger partial charge in [0.05, 0.1) is 54.0 Å². The van der Waals surface area contributed by atoms with Crippen molar-refractivity contribution < 1.29 is 0 Å². The van der Waals surface area contributed by atoms with Crippen LogP contribution in [0.1, 0.15) is 11.1 Å². The molecule has 0 aliphatic heterocycles. The second-order valence-corrected chi connectivity index (χ2v) is 21.0. The van der Waals surface area contributed by atoms with E-state index in [4.69, 9.17) is 0 Å². The number of rotatable bonds is 6. The van der Waals surface area contributed by atoms with Crippen molar-refractivity contribution >= 4 is 107 Å². The van der Waals surface area contributed by atoms with Gasteiger partial charge in [-0.1, -0.05) is 194 Å². The van der Waals surface area contributed by atoms with Crippen molar-refractivity contribution in [3.05, 3.63) is 242 Å². The molecule has 0 bridgehead atoms. The number of nitrogens with zero attached hydrogens (tertiary/aromatic N) is 4. The topological polar surface area (TPSA) is 57.4 Å². The maximum Gasteiger partial charge on any atom is 0.102 e. The minimum atomic E-state index is 0.429. The molecule has 0 radical (unpaired) electrons. The quantitative estimate of drug-likeness (QED) is 0.167. The summed E-state index contributed by atoms with van der Waals surface area (Å²) in [4.78, 5) is 0. The molecular weight excluding hydrogens is 937 g/mol. The highest BCUT2D eigenvalue weighted by Crippen LogP contribution is 2.53. The molecule has 0 amide bonds. The Kier molecular flexibility index (Phi) is 9.40. The van der Waals surface area contributed by atoms with Crippen LogP contribution in [0.2, 0.25) is 0 Å². The van der Waals surface area contributed by atoms with E-state index in [1.807, 2.05) is 42.5 Å². The molecule has 15 aromatic rings. The van der Waals surface area contributed by atoms with E-state index in [1.54, 1.807) is 22.7 Å². The van der Waals surface area contributed by atoms with Crippen LogP contribution in [0.5, 0.6) is 0 Å². The number of fused-ring (bicyclic) bond motifs is 14. The first-order valence-electron chi connectivity index (χ1n) is 24.7. The standard InChI is InChI=1S/C68H38N4S2/c69-39-55-61(43-21-9-3-10-22-43)56(40-70)64(62(44-23-11-4-12-24-44)63(55)71-57-27-15-13-25-47(57)53-37-45(29-35-58(53)71)41-17-5-1-6-18-41)72-65-49(31-33-51-48-26-14-16-28-59(48)73-67(51)65)50-32-34-52-54-38-46(42-19-7-2-8-20-42)30-36-60(54)74-68(52)66(50)72/h1-38H. The zero-order valence-corrected chi connectivity index (χ0v) is 41.2. The van der Waals surface area contributed by atoms with Crippen molar-refractivity contribution in [2.45, 2.75) is 0 Å². The van der Waals surface area contributed by atoms with E-state index in [9.17, 15) is 10.5 Å². The molecule has 15 rings (SSSR count). The lowest BCUT2D eigenvalue weighted by Gasteiger charge is -2.25. The monoisotopic (exact) mass is 974 g/mol. The van der Waals surface area contributed by atoms with Gasteiger partial charge < -0.3 is 9.13 Å². The molecule has 74 heavy (non-hydrogen) atoms. The van der Waals surface area contributed by atoms with E-state index in [-0.39, 0.29) is 0 Å². The number of hydrogen-bond donors (Lipinski definition) is 0. The van der Waals surface area contributed by atoms with Crippen LogP contribution in [0.3, 0.4) is 0 Å². The number of hydrogen-bond acceptors (Lipinski definition) is 4. The van der Waals surface area contributed by atoms with Gasteiger partial charge in [0.25, 0.3) is 0 Å². The number of thiophene rings is 2. The fourth-order valence-electron chi connectivity index (χ4n) is 11.8. The number of benzene rings is 11. The molecule has 0 spiro atoms. The van der Waals surface area contributed by atoms with Crippen molar-refractivity contribution in [2.75, 3.05) is 0 Å². The molecule has 342 valence electrons. The third-order valence-electron chi connectivity index (χ3n) is 15.0. The lowest BCUT2D eigenvalue weighted by molar-refractivity contribution is 1.13. The molecule has 0 saturated carbocycles. The van der Waals surface area contributed by atoms with Gasteiger partial charge in [-0.05, 0) is 69.8 Å². The van der Waals surface area contributed by atoms with Crippen LogP contribution in [-0.2, 0) is 0 Å². The first-order chi connectivity index (χ1) is 36.7. The molecular formula is C68H38N4S2. The summed E-state index contributed by atoms with van der Waals surface area (Å²) in [5.41, 5.74) is 14.0. The predicted molar refractivity (Wildman–Crippen MR) is 312 cm³/mol. The third-order valence-corrected chi connectivity index (χ3v) is 17.4. The van der Waals surface area contributed by atoms with Crippen molar-refractivity contribution in [1.82, 2.24) is 9.13 Å². The Bertz CT molecular complexity index is 4890. The number of para-hydroxylation sites is 1. The highest BCUT2D eigenvalue weighted by atomic mass is 32.1. The molecule has 0 unspecified atom stereocenters. The zero-order valence-electron chi connectivity index (χ0n) is 39.5. The Morgan fingerprint density at radius 1 is 0.297 bits per heavy atom. The molecule has 4 aromatic heterocycles. The summed E-state index contributed by atoms with van der Waals surface area (Å²) in [6, 6.07) is 87.1. The summed E-state index contributed by atoms with van der Waals surface area (Å²) in [7, 11) is 0. The van der Waals surface area contributed by atoms with Gasteiger partial charge in [0.15, 0.2) is 0 Å². The lowest BCUT2D eigenvalue weighted by Crippen LogP contribution is -2.11. The maximum atomic E-state index is 12.2. The van der Waals surface area contributed by atoms with Crippen molar-refractivity contribution in [2.24, 2.45) is 0 Å². The lowest BCUT2D eigenvalue weighted by atomic mass is 9.86. The minimum Gasteiger partial charge on any atom is -0.307 e. The Labute approximate surface area is 433 Å². The Morgan fingerprint density at radius 3 is 1.32 bits per heavy atom. The van der Waals surface area contributed by atoms with E-state index < -0.39 is 0 Å². The number of aromatic nitrogens is 2. The van der Waals surface area contributed by atoms with Crippen LogP contribution in [0.15, 0.2) is 231 Å². The van der Waals surface area contributed by atoms with E-state index in [0.29, 0.717) is 16.7 Å². The Balaban J connectivity index is 1.19. The molecule has 0 saturated heterocycles. The van der Waals surface area contributed by atoms with Crippen LogP contribution in [0.4, 0.5) is 0 Å². The number of nitriles is 2. The van der Waals surface area contributed by atoms with Crippen molar-refractivity contribution in [1.29, 1.82) is 10.5 Å². The summed E-state index contributed by atoms with van der Waals surface area (Å²) >= 11 is 3.60. The highest BCUT2D eigenvalue weighted by molar-refractivity contribution is 7.27. The van der Waals surface area contributed by atoms with Crippen molar-refractivity contribution in [3.63, 3.8) is 0 Å². The second-order valence-electron chi connectivity index (χ2n) is 18.9. The molecule has 0 N–H and O–H groups in total. The average Bonchev–Trinajstić information content (AvgIpc) is 4.31. The van der Waals surface area contributed by atoms with E-state index in [1.165, 1.54) is 25.7 Å². The van der Waals surface area contributed by atoms with Gasteiger partial charge in [0.1, 0.15) is 12.1 Å². The van der Waals surface area contributed by atoms with Gasteiger partial charge in [-0.2, -0.15) is 10.5 Å². The van der Waals surface area contributed by atoms with Gasteiger partial charge >= 0.3 is 0 Å². The average molecular weight is 975 g/mol. The minimum absolute atomic E-state index is 0.429. The van der Waals surface area contributed by atoms with Gasteiger partial charge in [-0.15, -0.1) is 22.7 Å². The SMILES string of the molecule is N#Cc1c(-c2ccccc2)c(C#N)c(-n2c3c(ccc4c5ccccc5sc43)c3ccc4c5cc(-c6ccccc6)ccc5sc4c32)c(-c2ccccc2)c1-n1c2ccccc2c2cc(-c3ccccc3)ccc21. The highest BCUT2D eigenvalue weighted by Gasteiger charge is 2.33. The summed E-state index contributed by atoms with van der Waals surface area (Å²) in [5.74, 6) is 0. The first-order valence-corrected chi connectivity index (χ1v) is 26.3. The molecule has 4 nitrogen and oxygen atoms in total. The van der Waals surface area contributed by atoms with Crippen LogP contribution in [0.25, 0.3) is 140 Å². The maximum absolute atomic E-state index is 12.2. The molecule has 0 fully saturated rings. The van der Waals surface area contributed by atoms with Crippen LogP contribution >= 0.6 is 22.7 Å². The largest absolute Gasteiger partial charge is 0.307 e. The van der Waals surface area contributed by atoms with Gasteiger partial charge in [0, 0.05) is 63.6 Å². The summed E-state index contributed by atoms with van der Waals surface area (Å²) in [5, 5.41) is 33.3. The fourth-order valence-corrected chi connectivity index (χ4v) is 14.3. The van der Waals surface area contributed by atoms with Gasteiger partial charge in [-0.3, -0.25) is 0 Å². The summed E-state index contributed by atoms with van der Waals surface area (Å²) in [6.45, 7) is 0. The molecule has 11 aromatic carbocycles. The van der Waals surface area contributed by atoms with Crippen LogP contribution in [-0.4, -0.2) is 9.13 Å². The van der Waals surface area contributed by atoms with Gasteiger partial charge in [-0.25, -0.2) is 0 Å². The summed E-state index contributed by atoms with van der Waals surface area (Å²) in [6.07, 6.45) is 0.